The standard InChI is InChI=1S/C14H15FN2/c1-9-6-10(4-5-16-9)13-8-17-14-7-11(15)2-3-12(13)14/h2-3,6-9,16-17H,4-5H2,1H3. The minimum absolute atomic E-state index is 0.196. The molecule has 2 N–H and O–H groups in total. The quantitative estimate of drug-likeness (QED) is 0.774. The molecule has 2 aromatic rings. The normalized spacial score (nSPS) is 20.6. The number of rotatable bonds is 1. The Morgan fingerprint density at radius 3 is 3.06 bits per heavy atom. The molecule has 1 aliphatic rings. The molecule has 0 amide bonds. The van der Waals surface area contributed by atoms with Crippen molar-refractivity contribution < 1.29 is 4.39 Å². The van der Waals surface area contributed by atoms with Crippen molar-refractivity contribution in [3.63, 3.8) is 0 Å². The monoisotopic (exact) mass is 230 g/mol. The average molecular weight is 230 g/mol. The number of hydrogen-bond acceptors (Lipinski definition) is 1. The highest BCUT2D eigenvalue weighted by atomic mass is 19.1. The Morgan fingerprint density at radius 2 is 2.24 bits per heavy atom. The van der Waals surface area contributed by atoms with Gasteiger partial charge >= 0.3 is 0 Å². The van der Waals surface area contributed by atoms with Crippen LogP contribution in [-0.2, 0) is 0 Å². The maximum Gasteiger partial charge on any atom is 0.125 e. The van der Waals surface area contributed by atoms with Gasteiger partial charge in [0.15, 0.2) is 0 Å². The first-order chi connectivity index (χ1) is 8.24. The number of aromatic amines is 1. The summed E-state index contributed by atoms with van der Waals surface area (Å²) in [5.41, 5.74) is 3.41. The molecule has 1 aromatic carbocycles. The van der Waals surface area contributed by atoms with Crippen LogP contribution in [0.15, 0.2) is 30.5 Å². The number of nitrogens with one attached hydrogen (secondary N) is 2. The van der Waals surface area contributed by atoms with Gasteiger partial charge in [-0.25, -0.2) is 4.39 Å². The molecule has 0 bridgehead atoms. The van der Waals surface area contributed by atoms with Crippen molar-refractivity contribution in [2.75, 3.05) is 6.54 Å². The highest BCUT2D eigenvalue weighted by molar-refractivity contribution is 5.92. The summed E-state index contributed by atoms with van der Waals surface area (Å²) in [6.07, 6.45) is 5.25. The topological polar surface area (TPSA) is 27.8 Å². The van der Waals surface area contributed by atoms with E-state index in [0.717, 1.165) is 23.9 Å². The summed E-state index contributed by atoms with van der Waals surface area (Å²) in [7, 11) is 0. The lowest BCUT2D eigenvalue weighted by molar-refractivity contribution is 0.621. The van der Waals surface area contributed by atoms with Crippen molar-refractivity contribution in [2.45, 2.75) is 19.4 Å². The number of fused-ring (bicyclic) bond motifs is 1. The van der Waals surface area contributed by atoms with Crippen LogP contribution in [-0.4, -0.2) is 17.6 Å². The van der Waals surface area contributed by atoms with Crippen LogP contribution < -0.4 is 5.32 Å². The molecule has 0 aliphatic carbocycles. The van der Waals surface area contributed by atoms with Crippen LogP contribution in [0, 0.1) is 5.82 Å². The zero-order valence-electron chi connectivity index (χ0n) is 9.76. The molecular weight excluding hydrogens is 215 g/mol. The molecule has 0 saturated heterocycles. The van der Waals surface area contributed by atoms with Gasteiger partial charge in [-0.1, -0.05) is 6.08 Å². The van der Waals surface area contributed by atoms with Crippen LogP contribution >= 0.6 is 0 Å². The molecule has 0 radical (unpaired) electrons. The summed E-state index contributed by atoms with van der Waals surface area (Å²) >= 11 is 0. The summed E-state index contributed by atoms with van der Waals surface area (Å²) in [4.78, 5) is 3.14. The number of H-pyrrole nitrogens is 1. The Labute approximate surface area is 99.5 Å². The van der Waals surface area contributed by atoms with E-state index in [1.807, 2.05) is 12.3 Å². The first-order valence-electron chi connectivity index (χ1n) is 5.95. The largest absolute Gasteiger partial charge is 0.360 e. The number of aromatic nitrogens is 1. The minimum Gasteiger partial charge on any atom is -0.360 e. The van der Waals surface area contributed by atoms with Gasteiger partial charge in [0.05, 0.1) is 0 Å². The Bertz CT molecular complexity index is 583. The molecular formula is C14H15FN2. The van der Waals surface area contributed by atoms with Gasteiger partial charge < -0.3 is 10.3 Å². The predicted molar refractivity (Wildman–Crippen MR) is 68.3 cm³/mol. The van der Waals surface area contributed by atoms with E-state index in [9.17, 15) is 4.39 Å². The van der Waals surface area contributed by atoms with E-state index in [0.29, 0.717) is 6.04 Å². The molecule has 17 heavy (non-hydrogen) atoms. The van der Waals surface area contributed by atoms with E-state index in [-0.39, 0.29) is 5.82 Å². The lowest BCUT2D eigenvalue weighted by Gasteiger charge is -2.19. The second-order valence-corrected chi connectivity index (χ2v) is 4.58. The molecule has 1 aliphatic heterocycles. The van der Waals surface area contributed by atoms with Gasteiger partial charge in [-0.05, 0) is 43.7 Å². The van der Waals surface area contributed by atoms with E-state index in [4.69, 9.17) is 0 Å². The van der Waals surface area contributed by atoms with E-state index >= 15 is 0 Å². The molecule has 1 aromatic heterocycles. The lowest BCUT2D eigenvalue weighted by Crippen LogP contribution is -2.29. The Hall–Kier alpha value is -1.61. The van der Waals surface area contributed by atoms with Crippen molar-refractivity contribution in [1.29, 1.82) is 0 Å². The Kier molecular flexibility index (Phi) is 2.48. The predicted octanol–water partition coefficient (Wildman–Crippen LogP) is 3.07. The van der Waals surface area contributed by atoms with Gasteiger partial charge in [0, 0.05) is 28.7 Å². The molecule has 2 heterocycles. The van der Waals surface area contributed by atoms with Gasteiger partial charge in [0.2, 0.25) is 0 Å². The van der Waals surface area contributed by atoms with Gasteiger partial charge in [-0.15, -0.1) is 0 Å². The second-order valence-electron chi connectivity index (χ2n) is 4.58. The Balaban J connectivity index is 2.11. The zero-order valence-corrected chi connectivity index (χ0v) is 9.76. The number of hydrogen-bond donors (Lipinski definition) is 2. The van der Waals surface area contributed by atoms with Gasteiger partial charge in [-0.3, -0.25) is 0 Å². The first kappa shape index (κ1) is 10.5. The van der Waals surface area contributed by atoms with Crippen LogP contribution in [0.2, 0.25) is 0 Å². The average Bonchev–Trinajstić information content (AvgIpc) is 2.71. The van der Waals surface area contributed by atoms with Gasteiger partial charge in [0.25, 0.3) is 0 Å². The fourth-order valence-electron chi connectivity index (χ4n) is 2.47. The van der Waals surface area contributed by atoms with Crippen molar-refractivity contribution in [1.82, 2.24) is 10.3 Å². The molecule has 1 atom stereocenters. The third-order valence-electron chi connectivity index (χ3n) is 3.30. The smallest absolute Gasteiger partial charge is 0.125 e. The summed E-state index contributed by atoms with van der Waals surface area (Å²) in [6, 6.07) is 5.32. The van der Waals surface area contributed by atoms with E-state index in [2.05, 4.69) is 23.3 Å². The molecule has 3 heteroatoms. The molecule has 0 spiro atoms. The lowest BCUT2D eigenvalue weighted by atomic mass is 9.97. The van der Waals surface area contributed by atoms with Crippen molar-refractivity contribution in [3.8, 4) is 0 Å². The molecule has 3 rings (SSSR count). The maximum atomic E-state index is 13.1. The highest BCUT2D eigenvalue weighted by Crippen LogP contribution is 2.29. The van der Waals surface area contributed by atoms with Gasteiger partial charge in [-0.2, -0.15) is 0 Å². The number of benzene rings is 1. The third kappa shape index (κ3) is 1.87. The summed E-state index contributed by atoms with van der Waals surface area (Å²) in [5, 5.41) is 4.49. The van der Waals surface area contributed by atoms with Crippen LogP contribution in [0.3, 0.4) is 0 Å². The SMILES string of the molecule is CC1C=C(c2c[nH]c3cc(F)ccc23)CCN1. The minimum atomic E-state index is -0.196. The number of halogens is 1. The first-order valence-corrected chi connectivity index (χ1v) is 5.95. The van der Waals surface area contributed by atoms with Crippen LogP contribution in [0.25, 0.3) is 16.5 Å². The molecule has 88 valence electrons. The molecule has 2 nitrogen and oxygen atoms in total. The van der Waals surface area contributed by atoms with Crippen molar-refractivity contribution in [2.24, 2.45) is 0 Å². The summed E-state index contributed by atoms with van der Waals surface area (Å²) in [6.45, 7) is 3.15. The molecule has 0 fully saturated rings. The fourth-order valence-corrected chi connectivity index (χ4v) is 2.47. The van der Waals surface area contributed by atoms with Gasteiger partial charge in [0.1, 0.15) is 5.82 Å². The van der Waals surface area contributed by atoms with Crippen molar-refractivity contribution >= 4 is 16.5 Å². The van der Waals surface area contributed by atoms with Crippen LogP contribution in [0.5, 0.6) is 0 Å². The van der Waals surface area contributed by atoms with E-state index in [1.54, 1.807) is 6.07 Å². The van der Waals surface area contributed by atoms with E-state index < -0.39 is 0 Å². The highest BCUT2D eigenvalue weighted by Gasteiger charge is 2.13. The Morgan fingerprint density at radius 1 is 1.35 bits per heavy atom. The fraction of sp³-hybridized carbons (Fsp3) is 0.286. The molecule has 0 saturated carbocycles. The zero-order chi connectivity index (χ0) is 11.8. The summed E-state index contributed by atoms with van der Waals surface area (Å²) in [5.74, 6) is -0.196. The summed E-state index contributed by atoms with van der Waals surface area (Å²) < 4.78 is 13.1. The molecule has 1 unspecified atom stereocenters. The van der Waals surface area contributed by atoms with E-state index in [1.165, 1.54) is 17.2 Å². The maximum absolute atomic E-state index is 13.1. The van der Waals surface area contributed by atoms with Crippen LogP contribution in [0.4, 0.5) is 4.39 Å². The second kappa shape index (κ2) is 4.00. The third-order valence-corrected chi connectivity index (χ3v) is 3.30. The van der Waals surface area contributed by atoms with Crippen LogP contribution in [0.1, 0.15) is 18.9 Å². The van der Waals surface area contributed by atoms with Crippen molar-refractivity contribution in [3.05, 3.63) is 41.9 Å².